The minimum Gasteiger partial charge on any atom is -0.508 e. The smallest absolute Gasteiger partial charge is 0.162 e. The van der Waals surface area contributed by atoms with E-state index >= 15 is 4.39 Å². The van der Waals surface area contributed by atoms with Crippen LogP contribution < -0.4 is 10.2 Å². The number of pyridine rings is 1. The summed E-state index contributed by atoms with van der Waals surface area (Å²) in [5.74, 6) is 1.48. The van der Waals surface area contributed by atoms with Crippen LogP contribution in [0.3, 0.4) is 0 Å². The number of benzene rings is 3. The third kappa shape index (κ3) is 4.54. The summed E-state index contributed by atoms with van der Waals surface area (Å²) in [6, 6.07) is 18.1. The number of nitrogens with zero attached hydrogens (tertiary/aromatic N) is 8. The molecule has 3 unspecified atom stereocenters. The van der Waals surface area contributed by atoms with E-state index in [1.165, 1.54) is 0 Å². The van der Waals surface area contributed by atoms with Crippen molar-refractivity contribution >= 4 is 38.5 Å². The lowest BCUT2D eigenvalue weighted by atomic mass is 9.79. The molecule has 10 rings (SSSR count). The molecular weight excluding hydrogens is 617 g/mol. The Morgan fingerprint density at radius 2 is 1.92 bits per heavy atom. The van der Waals surface area contributed by atoms with Gasteiger partial charge in [-0.1, -0.05) is 24.3 Å². The predicted molar refractivity (Wildman–Crippen MR) is 189 cm³/mol. The molecular formula is C38H38FN9O. The number of aryl methyl sites for hydroxylation is 2. The molecule has 4 fully saturated rings. The molecule has 3 aromatic heterocycles. The maximum atomic E-state index is 17.7. The highest BCUT2D eigenvalue weighted by atomic mass is 19.1. The van der Waals surface area contributed by atoms with Crippen LogP contribution in [0.25, 0.3) is 55.4 Å². The van der Waals surface area contributed by atoms with E-state index in [0.717, 1.165) is 65.9 Å². The quantitative estimate of drug-likeness (QED) is 0.210. The van der Waals surface area contributed by atoms with E-state index in [9.17, 15) is 10.4 Å². The minimum atomic E-state index is -0.451. The Labute approximate surface area is 283 Å². The number of phenolic OH excluding ortho intramolecular Hbond substituents is 1. The molecule has 3 saturated heterocycles. The second-order valence-corrected chi connectivity index (χ2v) is 14.0. The van der Waals surface area contributed by atoms with Gasteiger partial charge in [0, 0.05) is 61.8 Å². The topological polar surface area (TPSA) is 111 Å². The zero-order chi connectivity index (χ0) is 33.6. The van der Waals surface area contributed by atoms with Crippen LogP contribution in [-0.4, -0.2) is 80.1 Å². The van der Waals surface area contributed by atoms with Gasteiger partial charge in [-0.3, -0.25) is 4.68 Å². The Kier molecular flexibility index (Phi) is 6.90. The predicted octanol–water partition coefficient (Wildman–Crippen LogP) is 5.87. The van der Waals surface area contributed by atoms with Crippen LogP contribution in [0.5, 0.6) is 5.75 Å². The Balaban J connectivity index is 1.39. The molecule has 6 heterocycles. The summed E-state index contributed by atoms with van der Waals surface area (Å²) in [7, 11) is 4.16. The average molecular weight is 656 g/mol. The molecule has 3 aliphatic heterocycles. The summed E-state index contributed by atoms with van der Waals surface area (Å²) in [4.78, 5) is 14.9. The van der Waals surface area contributed by atoms with Gasteiger partial charge in [0.15, 0.2) is 17.5 Å². The molecule has 3 aromatic carbocycles. The third-order valence-electron chi connectivity index (χ3n) is 11.0. The van der Waals surface area contributed by atoms with E-state index in [2.05, 4.69) is 46.8 Å². The second-order valence-electron chi connectivity index (χ2n) is 14.0. The van der Waals surface area contributed by atoms with Gasteiger partial charge >= 0.3 is 0 Å². The molecule has 3 atom stereocenters. The Morgan fingerprint density at radius 3 is 2.63 bits per heavy atom. The first-order valence-corrected chi connectivity index (χ1v) is 17.2. The summed E-state index contributed by atoms with van der Waals surface area (Å²) in [5, 5.41) is 31.4. The van der Waals surface area contributed by atoms with Crippen LogP contribution in [0.4, 0.5) is 10.2 Å². The molecule has 2 bridgehead atoms. The number of imidazole rings is 1. The number of anilines is 1. The monoisotopic (exact) mass is 655 g/mol. The second kappa shape index (κ2) is 11.3. The first kappa shape index (κ1) is 30.0. The number of nitrogens with one attached hydrogen (secondary N) is 1. The maximum absolute atomic E-state index is 17.7. The minimum absolute atomic E-state index is 0.0565. The van der Waals surface area contributed by atoms with Crippen LogP contribution in [-0.2, 0) is 13.0 Å². The highest BCUT2D eigenvalue weighted by molar-refractivity contribution is 6.11. The Morgan fingerprint density at radius 1 is 1.08 bits per heavy atom. The van der Waals surface area contributed by atoms with Crippen molar-refractivity contribution in [2.75, 3.05) is 38.6 Å². The van der Waals surface area contributed by atoms with E-state index in [1.54, 1.807) is 12.1 Å². The van der Waals surface area contributed by atoms with Gasteiger partial charge in [0.05, 0.1) is 17.6 Å². The van der Waals surface area contributed by atoms with Gasteiger partial charge in [-0.2, -0.15) is 10.4 Å². The number of phenols is 1. The third-order valence-corrected chi connectivity index (χ3v) is 11.0. The molecule has 1 aliphatic carbocycles. The number of nitriles is 1. The summed E-state index contributed by atoms with van der Waals surface area (Å²) in [6.07, 6.45) is 3.64. The van der Waals surface area contributed by atoms with Gasteiger partial charge in [-0.05, 0) is 85.9 Å². The standard InChI is InChI=1S/C38H38FN9O/c1-4-47-13-11-29(44-47)37-43-34-36(48(37)35-23-16-30(35)41-18-23)28-15-22(9-7-12-40)31(27-17-25(49)14-21-8-5-6-10-26(21)27)32(39)33(28)42-38(34)46-19-24(20-46)45(2)3/h5-6,8,10-11,13-15,17,23-24,30,35,41,49H,4,7,9,16,18-20H2,1-3H3. The normalized spacial score (nSPS) is 20.4. The van der Waals surface area contributed by atoms with Crippen LogP contribution in [0.1, 0.15) is 31.4 Å². The van der Waals surface area contributed by atoms with Crippen molar-refractivity contribution in [2.45, 2.75) is 50.9 Å². The molecule has 0 spiro atoms. The first-order chi connectivity index (χ1) is 23.8. The average Bonchev–Trinajstić information content (AvgIpc) is 3.87. The fourth-order valence-corrected chi connectivity index (χ4v) is 8.31. The summed E-state index contributed by atoms with van der Waals surface area (Å²) in [5.41, 5.74) is 4.33. The molecule has 11 heteroatoms. The lowest BCUT2D eigenvalue weighted by Gasteiger charge is -2.43. The van der Waals surface area contributed by atoms with Crippen molar-refractivity contribution in [2.24, 2.45) is 5.92 Å². The van der Waals surface area contributed by atoms with Gasteiger partial charge in [0.1, 0.15) is 22.5 Å². The summed E-state index contributed by atoms with van der Waals surface area (Å²) < 4.78 is 21.9. The molecule has 248 valence electrons. The van der Waals surface area contributed by atoms with Crippen molar-refractivity contribution in [1.29, 1.82) is 5.26 Å². The molecule has 0 radical (unpaired) electrons. The Bertz CT molecular complexity index is 2320. The van der Waals surface area contributed by atoms with Gasteiger partial charge in [-0.15, -0.1) is 0 Å². The van der Waals surface area contributed by atoms with E-state index in [4.69, 9.17) is 15.1 Å². The number of likely N-dealkylation sites (N-methyl/N-ethyl adjacent to an activating group) is 1. The maximum Gasteiger partial charge on any atom is 0.162 e. The number of aromatic nitrogens is 5. The van der Waals surface area contributed by atoms with Crippen molar-refractivity contribution in [3.63, 3.8) is 0 Å². The number of fused-ring (bicyclic) bond motifs is 5. The molecule has 1 saturated carbocycles. The molecule has 2 N–H and O–H groups in total. The van der Waals surface area contributed by atoms with E-state index in [0.29, 0.717) is 52.3 Å². The summed E-state index contributed by atoms with van der Waals surface area (Å²) >= 11 is 0. The fourth-order valence-electron chi connectivity index (χ4n) is 8.31. The SMILES string of the molecule is CCn1ccc(-c2nc3c(N4CC(N(C)C)C4)nc4c(F)c(-c5cc(O)cc6ccccc56)c(CCC#N)cc4c3n2C2C3CNC2C3)n1. The highest BCUT2D eigenvalue weighted by Gasteiger charge is 2.50. The first-order valence-electron chi connectivity index (χ1n) is 17.2. The lowest BCUT2D eigenvalue weighted by Crippen LogP contribution is -2.57. The number of hydrogen-bond acceptors (Lipinski definition) is 8. The van der Waals surface area contributed by atoms with Gasteiger partial charge in [0.2, 0.25) is 0 Å². The van der Waals surface area contributed by atoms with Crippen LogP contribution in [0.2, 0.25) is 0 Å². The highest BCUT2D eigenvalue weighted by Crippen LogP contribution is 2.50. The molecule has 4 aliphatic rings. The van der Waals surface area contributed by atoms with Crippen molar-refractivity contribution in [1.82, 2.24) is 34.5 Å². The van der Waals surface area contributed by atoms with Crippen molar-refractivity contribution in [3.8, 4) is 34.5 Å². The van der Waals surface area contributed by atoms with Gasteiger partial charge < -0.3 is 24.8 Å². The van der Waals surface area contributed by atoms with Crippen LogP contribution in [0.15, 0.2) is 54.7 Å². The van der Waals surface area contributed by atoms with Gasteiger partial charge in [-0.25, -0.2) is 14.4 Å². The number of halogens is 1. The molecule has 10 nitrogen and oxygen atoms in total. The number of hydrogen-bond donors (Lipinski definition) is 2. The van der Waals surface area contributed by atoms with Crippen LogP contribution >= 0.6 is 0 Å². The van der Waals surface area contributed by atoms with E-state index in [-0.39, 0.29) is 23.7 Å². The number of rotatable bonds is 8. The largest absolute Gasteiger partial charge is 0.508 e. The molecule has 49 heavy (non-hydrogen) atoms. The van der Waals surface area contributed by atoms with Crippen molar-refractivity contribution < 1.29 is 9.50 Å². The Hall–Kier alpha value is -5.05. The van der Waals surface area contributed by atoms with E-state index in [1.807, 2.05) is 47.3 Å². The molecule has 0 amide bonds. The zero-order valence-electron chi connectivity index (χ0n) is 27.9. The van der Waals surface area contributed by atoms with Crippen LogP contribution in [0, 0.1) is 23.1 Å². The van der Waals surface area contributed by atoms with E-state index < -0.39 is 5.82 Å². The van der Waals surface area contributed by atoms with Crippen molar-refractivity contribution in [3.05, 3.63) is 66.1 Å². The van der Waals surface area contributed by atoms with Gasteiger partial charge in [0.25, 0.3) is 0 Å². The molecule has 6 aromatic rings. The summed E-state index contributed by atoms with van der Waals surface area (Å²) in [6.45, 7) is 5.26. The lowest BCUT2D eigenvalue weighted by molar-refractivity contribution is 0.227. The number of aromatic hydroxyl groups is 1. The fraction of sp³-hybridized carbons (Fsp3) is 0.368. The zero-order valence-corrected chi connectivity index (χ0v) is 27.9.